The van der Waals surface area contributed by atoms with Crippen LogP contribution in [0.2, 0.25) is 0 Å². The number of carboxylic acids is 1. The van der Waals surface area contributed by atoms with Gasteiger partial charge in [-0.1, -0.05) is 31.2 Å². The molecule has 1 fully saturated rings. The molecule has 4 heteroatoms. The summed E-state index contributed by atoms with van der Waals surface area (Å²) in [6.07, 6.45) is 2.40. The van der Waals surface area contributed by atoms with Gasteiger partial charge in [0.15, 0.2) is 0 Å². The number of hydrogen-bond donors (Lipinski definition) is 2. The van der Waals surface area contributed by atoms with E-state index in [-0.39, 0.29) is 6.61 Å². The summed E-state index contributed by atoms with van der Waals surface area (Å²) in [7, 11) is 0. The predicted octanol–water partition coefficient (Wildman–Crippen LogP) is 2.26. The monoisotopic (exact) mass is 277 g/mol. The van der Waals surface area contributed by atoms with Crippen molar-refractivity contribution in [2.24, 2.45) is 5.41 Å². The van der Waals surface area contributed by atoms with Crippen LogP contribution in [0, 0.1) is 5.41 Å². The van der Waals surface area contributed by atoms with Crippen molar-refractivity contribution in [1.82, 2.24) is 4.90 Å². The third-order valence-electron chi connectivity index (χ3n) is 4.40. The molecule has 1 aromatic rings. The number of hydrogen-bond acceptors (Lipinski definition) is 3. The fourth-order valence-corrected chi connectivity index (χ4v) is 2.98. The van der Waals surface area contributed by atoms with Crippen LogP contribution in [-0.2, 0) is 17.9 Å². The number of carboxylic acid groups (broad SMARTS) is 1. The summed E-state index contributed by atoms with van der Waals surface area (Å²) >= 11 is 0. The minimum Gasteiger partial charge on any atom is -0.481 e. The Hall–Kier alpha value is -1.39. The van der Waals surface area contributed by atoms with Gasteiger partial charge in [-0.25, -0.2) is 0 Å². The molecule has 2 N–H and O–H groups in total. The third-order valence-corrected chi connectivity index (χ3v) is 4.40. The van der Waals surface area contributed by atoms with Crippen molar-refractivity contribution in [2.45, 2.75) is 39.3 Å². The van der Waals surface area contributed by atoms with Gasteiger partial charge in [0.2, 0.25) is 0 Å². The maximum Gasteiger partial charge on any atom is 0.310 e. The number of likely N-dealkylation sites (tertiary alicyclic amines) is 1. The molecule has 1 heterocycles. The highest BCUT2D eigenvalue weighted by Gasteiger charge is 2.40. The van der Waals surface area contributed by atoms with E-state index in [1.807, 2.05) is 31.2 Å². The van der Waals surface area contributed by atoms with Gasteiger partial charge in [-0.05, 0) is 36.9 Å². The zero-order valence-corrected chi connectivity index (χ0v) is 12.0. The Morgan fingerprint density at radius 3 is 2.50 bits per heavy atom. The van der Waals surface area contributed by atoms with Crippen LogP contribution >= 0.6 is 0 Å². The number of carbonyl (C=O) groups is 1. The highest BCUT2D eigenvalue weighted by Crippen LogP contribution is 2.34. The maximum atomic E-state index is 11.5. The number of nitrogens with zero attached hydrogens (tertiary/aromatic N) is 1. The van der Waals surface area contributed by atoms with Gasteiger partial charge in [0.25, 0.3) is 0 Å². The molecule has 0 amide bonds. The minimum absolute atomic E-state index is 0.0575. The summed E-state index contributed by atoms with van der Waals surface area (Å²) in [5.74, 6) is -0.666. The average Bonchev–Trinajstić information content (AvgIpc) is 2.48. The first-order valence-electron chi connectivity index (χ1n) is 7.24. The van der Waals surface area contributed by atoms with Crippen molar-refractivity contribution in [3.63, 3.8) is 0 Å². The summed E-state index contributed by atoms with van der Waals surface area (Å²) < 4.78 is 0. The largest absolute Gasteiger partial charge is 0.481 e. The first-order valence-corrected chi connectivity index (χ1v) is 7.24. The van der Waals surface area contributed by atoms with Gasteiger partial charge in [0.05, 0.1) is 12.0 Å². The standard InChI is InChI=1S/C16H23NO3/c1-2-16(15(19)20)8-3-9-17(12-16)10-13-4-6-14(11-18)7-5-13/h4-7,18H,2-3,8-12H2,1H3,(H,19,20). The van der Waals surface area contributed by atoms with Crippen molar-refractivity contribution < 1.29 is 15.0 Å². The lowest BCUT2D eigenvalue weighted by Gasteiger charge is -2.39. The smallest absolute Gasteiger partial charge is 0.310 e. The van der Waals surface area contributed by atoms with Crippen LogP contribution < -0.4 is 0 Å². The highest BCUT2D eigenvalue weighted by atomic mass is 16.4. The van der Waals surface area contributed by atoms with Crippen LogP contribution in [0.15, 0.2) is 24.3 Å². The molecular formula is C16H23NO3. The van der Waals surface area contributed by atoms with E-state index in [4.69, 9.17) is 5.11 Å². The molecule has 1 atom stereocenters. The molecule has 0 aliphatic carbocycles. The summed E-state index contributed by atoms with van der Waals surface area (Å²) in [6, 6.07) is 7.86. The molecule has 110 valence electrons. The molecular weight excluding hydrogens is 254 g/mol. The van der Waals surface area contributed by atoms with Crippen LogP contribution in [0.5, 0.6) is 0 Å². The highest BCUT2D eigenvalue weighted by molar-refractivity contribution is 5.75. The fourth-order valence-electron chi connectivity index (χ4n) is 2.98. The third kappa shape index (κ3) is 3.19. The second kappa shape index (κ2) is 6.37. The van der Waals surface area contributed by atoms with Gasteiger partial charge in [0.1, 0.15) is 0 Å². The topological polar surface area (TPSA) is 60.8 Å². The van der Waals surface area contributed by atoms with E-state index >= 15 is 0 Å². The lowest BCUT2D eigenvalue weighted by Crippen LogP contribution is -2.47. The summed E-state index contributed by atoms with van der Waals surface area (Å²) in [4.78, 5) is 13.8. The summed E-state index contributed by atoms with van der Waals surface area (Å²) in [6.45, 7) is 4.38. The van der Waals surface area contributed by atoms with Gasteiger partial charge in [-0.2, -0.15) is 0 Å². The van der Waals surface area contributed by atoms with Gasteiger partial charge in [-0.15, -0.1) is 0 Å². The zero-order chi connectivity index (χ0) is 14.6. The molecule has 0 radical (unpaired) electrons. The minimum atomic E-state index is -0.666. The second-order valence-electron chi connectivity index (χ2n) is 5.73. The lowest BCUT2D eigenvalue weighted by atomic mass is 9.77. The van der Waals surface area contributed by atoms with E-state index in [0.29, 0.717) is 13.0 Å². The molecule has 0 bridgehead atoms. The Kier molecular flexibility index (Phi) is 4.78. The van der Waals surface area contributed by atoms with Crippen molar-refractivity contribution in [3.05, 3.63) is 35.4 Å². The number of aliphatic hydroxyl groups is 1. The Morgan fingerprint density at radius 1 is 1.30 bits per heavy atom. The Morgan fingerprint density at radius 2 is 1.95 bits per heavy atom. The SMILES string of the molecule is CCC1(C(=O)O)CCCN(Cc2ccc(CO)cc2)C1. The lowest BCUT2D eigenvalue weighted by molar-refractivity contribution is -0.153. The normalized spacial score (nSPS) is 23.7. The van der Waals surface area contributed by atoms with Crippen LogP contribution in [0.25, 0.3) is 0 Å². The van der Waals surface area contributed by atoms with Crippen LogP contribution in [0.3, 0.4) is 0 Å². The van der Waals surface area contributed by atoms with Gasteiger partial charge in [-0.3, -0.25) is 9.69 Å². The molecule has 0 saturated carbocycles. The number of piperidine rings is 1. The molecule has 1 aromatic carbocycles. The first kappa shape index (κ1) is 15.0. The van der Waals surface area contributed by atoms with E-state index in [9.17, 15) is 9.90 Å². The average molecular weight is 277 g/mol. The number of rotatable bonds is 5. The van der Waals surface area contributed by atoms with Gasteiger partial charge in [0, 0.05) is 13.1 Å². The molecule has 1 aliphatic heterocycles. The molecule has 1 unspecified atom stereocenters. The van der Waals surface area contributed by atoms with Crippen LogP contribution in [-0.4, -0.2) is 34.2 Å². The molecule has 0 aromatic heterocycles. The van der Waals surface area contributed by atoms with E-state index in [2.05, 4.69) is 4.90 Å². The molecule has 20 heavy (non-hydrogen) atoms. The predicted molar refractivity (Wildman–Crippen MR) is 77.2 cm³/mol. The van der Waals surface area contributed by atoms with Crippen molar-refractivity contribution in [1.29, 1.82) is 0 Å². The van der Waals surface area contributed by atoms with Gasteiger partial charge >= 0.3 is 5.97 Å². The zero-order valence-electron chi connectivity index (χ0n) is 12.0. The fraction of sp³-hybridized carbons (Fsp3) is 0.562. The quantitative estimate of drug-likeness (QED) is 0.866. The Labute approximate surface area is 120 Å². The maximum absolute atomic E-state index is 11.5. The van der Waals surface area contributed by atoms with Crippen LogP contribution in [0.1, 0.15) is 37.3 Å². The number of aliphatic hydroxyl groups excluding tert-OH is 1. The van der Waals surface area contributed by atoms with E-state index in [1.165, 1.54) is 5.56 Å². The van der Waals surface area contributed by atoms with E-state index in [0.717, 1.165) is 31.5 Å². The Balaban J connectivity index is 2.03. The van der Waals surface area contributed by atoms with E-state index < -0.39 is 11.4 Å². The number of aliphatic carboxylic acids is 1. The van der Waals surface area contributed by atoms with Crippen LogP contribution in [0.4, 0.5) is 0 Å². The Bertz CT molecular complexity index is 457. The summed E-state index contributed by atoms with van der Waals surface area (Å²) in [5, 5.41) is 18.5. The molecule has 4 nitrogen and oxygen atoms in total. The van der Waals surface area contributed by atoms with Crippen molar-refractivity contribution >= 4 is 5.97 Å². The number of benzene rings is 1. The molecule has 0 spiro atoms. The second-order valence-corrected chi connectivity index (χ2v) is 5.73. The van der Waals surface area contributed by atoms with Gasteiger partial charge < -0.3 is 10.2 Å². The van der Waals surface area contributed by atoms with Crippen molar-refractivity contribution in [2.75, 3.05) is 13.1 Å². The van der Waals surface area contributed by atoms with Crippen molar-refractivity contribution in [3.8, 4) is 0 Å². The molecule has 1 saturated heterocycles. The molecule has 2 rings (SSSR count). The summed E-state index contributed by atoms with van der Waals surface area (Å²) in [5.41, 5.74) is 1.49. The first-order chi connectivity index (χ1) is 9.59. The molecule has 1 aliphatic rings. The van der Waals surface area contributed by atoms with E-state index in [1.54, 1.807) is 0 Å².